The van der Waals surface area contributed by atoms with Crippen LogP contribution in [0.15, 0.2) is 18.2 Å². The third kappa shape index (κ3) is 2.66. The van der Waals surface area contributed by atoms with Gasteiger partial charge in [-0.1, -0.05) is 12.1 Å². The van der Waals surface area contributed by atoms with Crippen molar-refractivity contribution in [1.29, 1.82) is 0 Å². The number of nitrogens with one attached hydrogen (secondary N) is 1. The van der Waals surface area contributed by atoms with Crippen LogP contribution >= 0.6 is 0 Å². The van der Waals surface area contributed by atoms with Crippen molar-refractivity contribution >= 4 is 11.8 Å². The number of nitrogens with zero attached hydrogens (tertiary/aromatic N) is 1. The first-order chi connectivity index (χ1) is 8.90. The van der Waals surface area contributed by atoms with E-state index in [1.165, 1.54) is 13.1 Å². The maximum absolute atomic E-state index is 13.5. The van der Waals surface area contributed by atoms with E-state index in [0.29, 0.717) is 5.56 Å². The van der Waals surface area contributed by atoms with Gasteiger partial charge in [0.05, 0.1) is 12.5 Å². The van der Waals surface area contributed by atoms with Gasteiger partial charge in [-0.3, -0.25) is 19.8 Å². The number of halogens is 1. The van der Waals surface area contributed by atoms with Crippen LogP contribution in [-0.4, -0.2) is 29.8 Å². The van der Waals surface area contributed by atoms with Crippen LogP contribution in [0.1, 0.15) is 30.5 Å². The van der Waals surface area contributed by atoms with Crippen LogP contribution in [0, 0.1) is 12.7 Å². The lowest BCUT2D eigenvalue weighted by molar-refractivity contribution is -0.137. The van der Waals surface area contributed by atoms with Gasteiger partial charge in [0.25, 0.3) is 0 Å². The summed E-state index contributed by atoms with van der Waals surface area (Å²) in [6.07, 6.45) is 0.161. The third-order valence-electron chi connectivity index (χ3n) is 3.53. The Morgan fingerprint density at radius 1 is 1.42 bits per heavy atom. The van der Waals surface area contributed by atoms with Crippen molar-refractivity contribution in [3.8, 4) is 0 Å². The standard InChI is InChI=1S/C14H17FN2O2/c1-8-4-5-10(6-11(8)15)9(2)16-12-7-13(18)17(3)14(12)19/h4-6,9,12,16H,7H2,1-3H3. The molecule has 0 aliphatic carbocycles. The van der Waals surface area contributed by atoms with Crippen molar-refractivity contribution in [3.05, 3.63) is 35.1 Å². The first-order valence-electron chi connectivity index (χ1n) is 6.22. The predicted octanol–water partition coefficient (Wildman–Crippen LogP) is 1.54. The molecule has 0 radical (unpaired) electrons. The van der Waals surface area contributed by atoms with Crippen LogP contribution in [0.25, 0.3) is 0 Å². The Balaban J connectivity index is 2.09. The highest BCUT2D eigenvalue weighted by molar-refractivity contribution is 6.05. The van der Waals surface area contributed by atoms with Gasteiger partial charge in [0.2, 0.25) is 11.8 Å². The van der Waals surface area contributed by atoms with Gasteiger partial charge < -0.3 is 0 Å². The lowest BCUT2D eigenvalue weighted by atomic mass is 10.0. The third-order valence-corrected chi connectivity index (χ3v) is 3.53. The fourth-order valence-corrected chi connectivity index (χ4v) is 2.16. The number of aryl methyl sites for hydroxylation is 1. The van der Waals surface area contributed by atoms with Crippen LogP contribution < -0.4 is 5.32 Å². The summed E-state index contributed by atoms with van der Waals surface area (Å²) >= 11 is 0. The number of amides is 2. The van der Waals surface area contributed by atoms with E-state index < -0.39 is 6.04 Å². The van der Waals surface area contributed by atoms with Gasteiger partial charge in [0.15, 0.2) is 0 Å². The zero-order valence-corrected chi connectivity index (χ0v) is 11.2. The Hall–Kier alpha value is -1.75. The van der Waals surface area contributed by atoms with Gasteiger partial charge in [-0.25, -0.2) is 4.39 Å². The van der Waals surface area contributed by atoms with Crippen molar-refractivity contribution in [3.63, 3.8) is 0 Å². The summed E-state index contributed by atoms with van der Waals surface area (Å²) < 4.78 is 13.5. The SMILES string of the molecule is Cc1ccc(C(C)NC2CC(=O)N(C)C2=O)cc1F. The number of carbonyl (C=O) groups excluding carboxylic acids is 2. The lowest BCUT2D eigenvalue weighted by Gasteiger charge is -2.18. The monoisotopic (exact) mass is 264 g/mol. The van der Waals surface area contributed by atoms with Gasteiger partial charge in [-0.2, -0.15) is 0 Å². The molecule has 1 heterocycles. The number of carbonyl (C=O) groups is 2. The van der Waals surface area contributed by atoms with Crippen LogP contribution in [0.5, 0.6) is 0 Å². The van der Waals surface area contributed by atoms with Crippen molar-refractivity contribution in [2.75, 3.05) is 7.05 Å². The summed E-state index contributed by atoms with van der Waals surface area (Å²) in [6.45, 7) is 3.55. The molecule has 1 aromatic rings. The molecular weight excluding hydrogens is 247 g/mol. The number of imide groups is 1. The van der Waals surface area contributed by atoms with Crippen LogP contribution in [0.2, 0.25) is 0 Å². The Morgan fingerprint density at radius 3 is 2.63 bits per heavy atom. The van der Waals surface area contributed by atoms with E-state index >= 15 is 0 Å². The molecule has 102 valence electrons. The maximum Gasteiger partial charge on any atom is 0.246 e. The summed E-state index contributed by atoms with van der Waals surface area (Å²) in [4.78, 5) is 24.3. The molecule has 4 nitrogen and oxygen atoms in total. The first-order valence-corrected chi connectivity index (χ1v) is 6.22. The van der Waals surface area contributed by atoms with Crippen LogP contribution in [0.4, 0.5) is 4.39 Å². The zero-order chi connectivity index (χ0) is 14.2. The van der Waals surface area contributed by atoms with Crippen LogP contribution in [-0.2, 0) is 9.59 Å². The second kappa shape index (κ2) is 5.09. The molecule has 2 rings (SSSR count). The largest absolute Gasteiger partial charge is 0.299 e. The zero-order valence-electron chi connectivity index (χ0n) is 11.2. The van der Waals surface area contributed by atoms with Crippen LogP contribution in [0.3, 0.4) is 0 Å². The second-order valence-electron chi connectivity index (χ2n) is 4.94. The summed E-state index contributed by atoms with van der Waals surface area (Å²) in [6, 6.07) is 4.27. The molecule has 0 aromatic heterocycles. The molecule has 0 spiro atoms. The molecule has 5 heteroatoms. The number of hydrogen-bond acceptors (Lipinski definition) is 3. The van der Waals surface area contributed by atoms with Gasteiger partial charge in [-0.15, -0.1) is 0 Å². The van der Waals surface area contributed by atoms with E-state index in [1.54, 1.807) is 13.0 Å². The topological polar surface area (TPSA) is 49.4 Å². The molecule has 1 aliphatic rings. The van der Waals surface area contributed by atoms with Crippen molar-refractivity contribution in [2.24, 2.45) is 0 Å². The number of likely N-dealkylation sites (N-methyl/N-ethyl adjacent to an activating group) is 1. The van der Waals surface area contributed by atoms with Crippen molar-refractivity contribution < 1.29 is 14.0 Å². The maximum atomic E-state index is 13.5. The van der Waals surface area contributed by atoms with Gasteiger partial charge in [-0.05, 0) is 31.0 Å². The fraction of sp³-hybridized carbons (Fsp3) is 0.429. The smallest absolute Gasteiger partial charge is 0.246 e. The van der Waals surface area contributed by atoms with Crippen molar-refractivity contribution in [2.45, 2.75) is 32.4 Å². The van der Waals surface area contributed by atoms with E-state index in [9.17, 15) is 14.0 Å². The minimum absolute atomic E-state index is 0.161. The summed E-state index contributed by atoms with van der Waals surface area (Å²) in [5.41, 5.74) is 1.35. The van der Waals surface area contributed by atoms with E-state index in [4.69, 9.17) is 0 Å². The second-order valence-corrected chi connectivity index (χ2v) is 4.94. The normalized spacial score (nSPS) is 21.1. The molecule has 0 saturated carbocycles. The average molecular weight is 264 g/mol. The summed E-state index contributed by atoms with van der Waals surface area (Å²) in [5.74, 6) is -0.689. The minimum Gasteiger partial charge on any atom is -0.299 e. The number of rotatable bonds is 3. The molecule has 0 bridgehead atoms. The molecule has 1 saturated heterocycles. The van der Waals surface area contributed by atoms with E-state index in [0.717, 1.165) is 10.5 Å². The number of likely N-dealkylation sites (tertiary alicyclic amines) is 1. The molecule has 1 N–H and O–H groups in total. The summed E-state index contributed by atoms with van der Waals surface area (Å²) in [5, 5.41) is 3.07. The van der Waals surface area contributed by atoms with E-state index in [-0.39, 0.29) is 30.1 Å². The molecule has 2 amide bonds. The number of hydrogen-bond donors (Lipinski definition) is 1. The Kier molecular flexibility index (Phi) is 3.66. The quantitative estimate of drug-likeness (QED) is 0.843. The molecule has 2 unspecified atom stereocenters. The molecular formula is C14H17FN2O2. The Labute approximate surface area is 111 Å². The van der Waals surface area contributed by atoms with Gasteiger partial charge in [0.1, 0.15) is 5.82 Å². The molecule has 1 aromatic carbocycles. The molecule has 1 aliphatic heterocycles. The number of benzene rings is 1. The highest BCUT2D eigenvalue weighted by Crippen LogP contribution is 2.19. The minimum atomic E-state index is -0.517. The van der Waals surface area contributed by atoms with E-state index in [1.807, 2.05) is 13.0 Å². The molecule has 19 heavy (non-hydrogen) atoms. The summed E-state index contributed by atoms with van der Waals surface area (Å²) in [7, 11) is 1.47. The average Bonchev–Trinajstić information content (AvgIpc) is 2.60. The van der Waals surface area contributed by atoms with E-state index in [2.05, 4.69) is 5.32 Å². The van der Waals surface area contributed by atoms with Crippen molar-refractivity contribution in [1.82, 2.24) is 10.2 Å². The highest BCUT2D eigenvalue weighted by Gasteiger charge is 2.36. The highest BCUT2D eigenvalue weighted by atomic mass is 19.1. The first kappa shape index (κ1) is 13.7. The predicted molar refractivity (Wildman–Crippen MR) is 68.9 cm³/mol. The lowest BCUT2D eigenvalue weighted by Crippen LogP contribution is -2.38. The van der Waals surface area contributed by atoms with Gasteiger partial charge in [0, 0.05) is 13.1 Å². The molecule has 1 fully saturated rings. The Morgan fingerprint density at radius 2 is 2.11 bits per heavy atom. The Bertz CT molecular complexity index is 530. The van der Waals surface area contributed by atoms with Gasteiger partial charge >= 0.3 is 0 Å². The molecule has 2 atom stereocenters. The fourth-order valence-electron chi connectivity index (χ4n) is 2.16.